The number of hydrogen-bond donors (Lipinski definition) is 2. The van der Waals surface area contributed by atoms with Gasteiger partial charge >= 0.3 is 0 Å². The van der Waals surface area contributed by atoms with E-state index in [1.54, 1.807) is 23.6 Å². The second-order valence-corrected chi connectivity index (χ2v) is 5.17. The molecule has 0 saturated carbocycles. The number of benzene rings is 1. The van der Waals surface area contributed by atoms with Crippen LogP contribution in [0.5, 0.6) is 11.5 Å². The van der Waals surface area contributed by atoms with E-state index in [1.165, 1.54) is 0 Å². The molecule has 1 aromatic heterocycles. The van der Waals surface area contributed by atoms with E-state index in [-0.39, 0.29) is 11.7 Å². The number of thiazole rings is 1. The number of nitrogens with two attached hydrogens (primary N) is 1. The summed E-state index contributed by atoms with van der Waals surface area (Å²) in [6.45, 7) is 2.98. The van der Waals surface area contributed by atoms with Crippen LogP contribution in [0, 0.1) is 0 Å². The van der Waals surface area contributed by atoms with Crippen molar-refractivity contribution in [2.45, 2.75) is 19.3 Å². The molecule has 1 heterocycles. The van der Waals surface area contributed by atoms with E-state index >= 15 is 0 Å². The van der Waals surface area contributed by atoms with Crippen LogP contribution in [-0.2, 0) is 6.42 Å². The monoisotopic (exact) mass is 278 g/mol. The zero-order valence-electron chi connectivity index (χ0n) is 10.9. The molecule has 2 rings (SSSR count). The minimum absolute atomic E-state index is 0.171. The Morgan fingerprint density at radius 2 is 2.32 bits per heavy atom. The Labute approximate surface area is 116 Å². The third-order valence-electron chi connectivity index (χ3n) is 2.89. The minimum atomic E-state index is 0.171. The molecular weight excluding hydrogens is 260 g/mol. The van der Waals surface area contributed by atoms with Crippen molar-refractivity contribution in [3.8, 4) is 11.5 Å². The Balaban J connectivity index is 2.15. The third-order valence-corrected chi connectivity index (χ3v) is 3.83. The van der Waals surface area contributed by atoms with E-state index in [1.807, 2.05) is 24.4 Å². The summed E-state index contributed by atoms with van der Waals surface area (Å²) >= 11 is 1.62. The van der Waals surface area contributed by atoms with Gasteiger partial charge in [-0.15, -0.1) is 11.3 Å². The molecule has 19 heavy (non-hydrogen) atoms. The van der Waals surface area contributed by atoms with Crippen LogP contribution in [0.1, 0.15) is 23.4 Å². The van der Waals surface area contributed by atoms with Crippen molar-refractivity contribution in [3.63, 3.8) is 0 Å². The first-order valence-electron chi connectivity index (χ1n) is 6.28. The van der Waals surface area contributed by atoms with Crippen molar-refractivity contribution in [2.75, 3.05) is 13.2 Å². The molecule has 0 aliphatic heterocycles. The highest BCUT2D eigenvalue weighted by Crippen LogP contribution is 2.29. The summed E-state index contributed by atoms with van der Waals surface area (Å²) in [7, 11) is 0. The van der Waals surface area contributed by atoms with Gasteiger partial charge < -0.3 is 15.6 Å². The molecule has 1 unspecified atom stereocenters. The highest BCUT2D eigenvalue weighted by atomic mass is 32.1. The van der Waals surface area contributed by atoms with Gasteiger partial charge in [0.2, 0.25) is 0 Å². The Hall–Kier alpha value is -1.59. The summed E-state index contributed by atoms with van der Waals surface area (Å²) in [5, 5.41) is 12.7. The number of rotatable bonds is 6. The first-order valence-corrected chi connectivity index (χ1v) is 7.16. The van der Waals surface area contributed by atoms with Gasteiger partial charge in [0.25, 0.3) is 0 Å². The van der Waals surface area contributed by atoms with Gasteiger partial charge in [-0.1, -0.05) is 6.07 Å². The average Bonchev–Trinajstić information content (AvgIpc) is 2.93. The molecule has 4 nitrogen and oxygen atoms in total. The predicted octanol–water partition coefficient (Wildman–Crippen LogP) is 2.53. The molecule has 0 saturated heterocycles. The van der Waals surface area contributed by atoms with Gasteiger partial charge in [0.1, 0.15) is 0 Å². The summed E-state index contributed by atoms with van der Waals surface area (Å²) in [5.74, 6) is 0.901. The normalized spacial score (nSPS) is 12.3. The average molecular weight is 278 g/mol. The Kier molecular flexibility index (Phi) is 4.76. The second kappa shape index (κ2) is 6.54. The summed E-state index contributed by atoms with van der Waals surface area (Å²) < 4.78 is 5.39. The van der Waals surface area contributed by atoms with Crippen LogP contribution in [0.3, 0.4) is 0 Å². The van der Waals surface area contributed by atoms with E-state index < -0.39 is 0 Å². The smallest absolute Gasteiger partial charge is 0.161 e. The van der Waals surface area contributed by atoms with Crippen LogP contribution >= 0.6 is 11.3 Å². The SMILES string of the molecule is CCOc1cc(CC(CN)c2nccs2)ccc1O. The quantitative estimate of drug-likeness (QED) is 0.852. The number of nitrogens with zero attached hydrogens (tertiary/aromatic N) is 1. The molecule has 1 atom stereocenters. The minimum Gasteiger partial charge on any atom is -0.504 e. The lowest BCUT2D eigenvalue weighted by molar-refractivity contribution is 0.317. The number of phenolic OH excluding ortho intramolecular Hbond substituents is 1. The maximum atomic E-state index is 9.68. The lowest BCUT2D eigenvalue weighted by Gasteiger charge is -2.13. The Morgan fingerprint density at radius 1 is 1.47 bits per heavy atom. The number of phenols is 1. The fourth-order valence-electron chi connectivity index (χ4n) is 1.95. The van der Waals surface area contributed by atoms with Crippen LogP contribution in [0.15, 0.2) is 29.8 Å². The van der Waals surface area contributed by atoms with Gasteiger partial charge in [0, 0.05) is 24.0 Å². The van der Waals surface area contributed by atoms with E-state index in [0.717, 1.165) is 17.0 Å². The Bertz CT molecular complexity index is 514. The van der Waals surface area contributed by atoms with E-state index in [9.17, 15) is 5.11 Å². The molecule has 5 heteroatoms. The zero-order chi connectivity index (χ0) is 13.7. The van der Waals surface area contributed by atoms with Gasteiger partial charge in [-0.3, -0.25) is 0 Å². The van der Waals surface area contributed by atoms with Crippen molar-refractivity contribution in [1.29, 1.82) is 0 Å². The summed E-state index contributed by atoms with van der Waals surface area (Å²) in [5.41, 5.74) is 6.91. The lowest BCUT2D eigenvalue weighted by Crippen LogP contribution is -2.14. The Morgan fingerprint density at radius 3 is 2.95 bits per heavy atom. The zero-order valence-corrected chi connectivity index (χ0v) is 11.7. The fraction of sp³-hybridized carbons (Fsp3) is 0.357. The van der Waals surface area contributed by atoms with Gasteiger partial charge in [-0.05, 0) is 31.0 Å². The summed E-state index contributed by atoms with van der Waals surface area (Å²) in [4.78, 5) is 4.32. The van der Waals surface area contributed by atoms with Crippen LogP contribution in [-0.4, -0.2) is 23.2 Å². The van der Waals surface area contributed by atoms with Crippen molar-refractivity contribution in [1.82, 2.24) is 4.98 Å². The maximum absolute atomic E-state index is 9.68. The van der Waals surface area contributed by atoms with Crippen molar-refractivity contribution in [2.24, 2.45) is 5.73 Å². The third kappa shape index (κ3) is 3.45. The standard InChI is InChI=1S/C14H18N2O2S/c1-2-18-13-8-10(3-4-12(13)17)7-11(9-15)14-16-5-6-19-14/h3-6,8,11,17H,2,7,9,15H2,1H3. The fourth-order valence-corrected chi connectivity index (χ4v) is 2.70. The molecule has 0 amide bonds. The van der Waals surface area contributed by atoms with E-state index in [4.69, 9.17) is 10.5 Å². The summed E-state index contributed by atoms with van der Waals surface area (Å²) in [6.07, 6.45) is 2.59. The van der Waals surface area contributed by atoms with Crippen LogP contribution in [0.25, 0.3) is 0 Å². The second-order valence-electron chi connectivity index (χ2n) is 4.24. The lowest BCUT2D eigenvalue weighted by atomic mass is 9.99. The van der Waals surface area contributed by atoms with Crippen molar-refractivity contribution >= 4 is 11.3 Å². The highest BCUT2D eigenvalue weighted by Gasteiger charge is 2.14. The van der Waals surface area contributed by atoms with Crippen LogP contribution in [0.4, 0.5) is 0 Å². The van der Waals surface area contributed by atoms with Gasteiger partial charge in [0.05, 0.1) is 11.6 Å². The van der Waals surface area contributed by atoms with Gasteiger partial charge in [-0.25, -0.2) is 4.98 Å². The van der Waals surface area contributed by atoms with Crippen LogP contribution in [0.2, 0.25) is 0 Å². The van der Waals surface area contributed by atoms with Crippen molar-refractivity contribution in [3.05, 3.63) is 40.3 Å². The molecule has 0 radical (unpaired) electrons. The summed E-state index contributed by atoms with van der Waals surface area (Å²) in [6, 6.07) is 5.43. The number of ether oxygens (including phenoxy) is 1. The highest BCUT2D eigenvalue weighted by molar-refractivity contribution is 7.09. The number of hydrogen-bond acceptors (Lipinski definition) is 5. The number of aromatic nitrogens is 1. The molecular formula is C14H18N2O2S. The van der Waals surface area contributed by atoms with Gasteiger partial charge in [-0.2, -0.15) is 0 Å². The first kappa shape index (κ1) is 13.8. The molecule has 2 aromatic rings. The molecule has 0 fully saturated rings. The topological polar surface area (TPSA) is 68.4 Å². The van der Waals surface area contributed by atoms with Gasteiger partial charge in [0.15, 0.2) is 11.5 Å². The predicted molar refractivity (Wildman–Crippen MR) is 76.9 cm³/mol. The first-order chi connectivity index (χ1) is 9.24. The van der Waals surface area contributed by atoms with Crippen LogP contribution < -0.4 is 10.5 Å². The van der Waals surface area contributed by atoms with Crippen molar-refractivity contribution < 1.29 is 9.84 Å². The molecule has 3 N–H and O–H groups in total. The van der Waals surface area contributed by atoms with E-state index in [0.29, 0.717) is 18.9 Å². The molecule has 1 aromatic carbocycles. The molecule has 0 bridgehead atoms. The molecule has 102 valence electrons. The molecule has 0 aliphatic rings. The molecule has 0 spiro atoms. The number of aromatic hydroxyl groups is 1. The van der Waals surface area contributed by atoms with E-state index in [2.05, 4.69) is 4.98 Å². The maximum Gasteiger partial charge on any atom is 0.161 e. The molecule has 0 aliphatic carbocycles. The largest absolute Gasteiger partial charge is 0.504 e.